The lowest BCUT2D eigenvalue weighted by Gasteiger charge is -2.23. The van der Waals surface area contributed by atoms with Gasteiger partial charge in [-0.3, -0.25) is 9.78 Å². The van der Waals surface area contributed by atoms with Gasteiger partial charge in [-0.15, -0.1) is 0 Å². The minimum absolute atomic E-state index is 0.0488. The third-order valence-corrected chi connectivity index (χ3v) is 3.95. The normalized spacial score (nSPS) is 15.0. The van der Waals surface area contributed by atoms with Crippen molar-refractivity contribution in [2.24, 2.45) is 0 Å². The molecular formula is C17H21N5O. The summed E-state index contributed by atoms with van der Waals surface area (Å²) >= 11 is 0. The van der Waals surface area contributed by atoms with E-state index >= 15 is 0 Å². The van der Waals surface area contributed by atoms with Crippen LogP contribution in [0.1, 0.15) is 60.2 Å². The van der Waals surface area contributed by atoms with Crippen LogP contribution in [0.15, 0.2) is 24.5 Å². The van der Waals surface area contributed by atoms with Gasteiger partial charge >= 0.3 is 0 Å². The van der Waals surface area contributed by atoms with E-state index in [1.807, 2.05) is 32.2 Å². The first kappa shape index (κ1) is 15.4. The lowest BCUT2D eigenvalue weighted by Crippen LogP contribution is -2.34. The molecule has 3 rings (SSSR count). The van der Waals surface area contributed by atoms with Crippen molar-refractivity contribution in [3.63, 3.8) is 0 Å². The number of nitrogens with one attached hydrogen (secondary N) is 2. The van der Waals surface area contributed by atoms with Crippen LogP contribution in [-0.2, 0) is 6.42 Å². The zero-order valence-electron chi connectivity index (χ0n) is 13.6. The molecule has 1 atom stereocenters. The summed E-state index contributed by atoms with van der Waals surface area (Å²) in [6, 6.07) is 3.98. The number of nitrogens with zero attached hydrogens (tertiary/aromatic N) is 3. The Balaban J connectivity index is 1.99. The molecule has 2 aromatic heterocycles. The van der Waals surface area contributed by atoms with Gasteiger partial charge in [-0.1, -0.05) is 19.9 Å². The number of aromatic nitrogens is 3. The van der Waals surface area contributed by atoms with Crippen LogP contribution < -0.4 is 10.6 Å². The molecule has 0 aromatic carbocycles. The highest BCUT2D eigenvalue weighted by molar-refractivity contribution is 5.96. The average Bonchev–Trinajstić information content (AvgIpc) is 2.56. The molecule has 3 heterocycles. The largest absolute Gasteiger partial charge is 0.363 e. The maximum Gasteiger partial charge on any atom is 0.270 e. The first-order chi connectivity index (χ1) is 11.1. The van der Waals surface area contributed by atoms with E-state index in [2.05, 4.69) is 32.5 Å². The van der Waals surface area contributed by atoms with Crippen molar-refractivity contribution in [2.75, 3.05) is 11.9 Å². The predicted octanol–water partition coefficient (Wildman–Crippen LogP) is 2.45. The Hall–Kier alpha value is -2.50. The second-order valence-corrected chi connectivity index (χ2v) is 6.07. The number of hydrogen-bond acceptors (Lipinski definition) is 5. The zero-order chi connectivity index (χ0) is 16.4. The highest BCUT2D eigenvalue weighted by Gasteiger charge is 2.25. The maximum atomic E-state index is 12.1. The van der Waals surface area contributed by atoms with Crippen molar-refractivity contribution in [1.29, 1.82) is 0 Å². The van der Waals surface area contributed by atoms with Gasteiger partial charge in [-0.05, 0) is 25.0 Å². The van der Waals surface area contributed by atoms with E-state index in [9.17, 15) is 4.79 Å². The van der Waals surface area contributed by atoms with Crippen LogP contribution in [0.25, 0.3) is 0 Å². The smallest absolute Gasteiger partial charge is 0.270 e. The zero-order valence-corrected chi connectivity index (χ0v) is 13.6. The van der Waals surface area contributed by atoms with E-state index in [-0.39, 0.29) is 17.9 Å². The highest BCUT2D eigenvalue weighted by Crippen LogP contribution is 2.26. The molecule has 0 saturated carbocycles. The molecule has 6 nitrogen and oxygen atoms in total. The Bertz CT molecular complexity index is 714. The SMILES string of the molecule is CC(C)c1nc(NC(C)c2cccnc2)c2c(n1)C(=O)NCC2. The van der Waals surface area contributed by atoms with Crippen molar-refractivity contribution >= 4 is 11.7 Å². The van der Waals surface area contributed by atoms with Gasteiger partial charge in [0.05, 0.1) is 6.04 Å². The standard InChI is InChI=1S/C17H21N5O/c1-10(2)15-21-14-13(6-8-19-17(14)23)16(22-15)20-11(3)12-5-4-7-18-9-12/h4-5,7,9-11H,6,8H2,1-3H3,(H,19,23)(H,20,21,22). The van der Waals surface area contributed by atoms with E-state index in [0.29, 0.717) is 18.1 Å². The topological polar surface area (TPSA) is 79.8 Å². The van der Waals surface area contributed by atoms with Crippen LogP contribution in [0.3, 0.4) is 0 Å². The van der Waals surface area contributed by atoms with Gasteiger partial charge in [0.15, 0.2) is 0 Å². The molecule has 0 saturated heterocycles. The molecule has 0 aliphatic carbocycles. The number of anilines is 1. The van der Waals surface area contributed by atoms with Crippen molar-refractivity contribution in [1.82, 2.24) is 20.3 Å². The molecule has 23 heavy (non-hydrogen) atoms. The summed E-state index contributed by atoms with van der Waals surface area (Å²) < 4.78 is 0. The molecule has 0 spiro atoms. The molecule has 0 radical (unpaired) electrons. The average molecular weight is 311 g/mol. The van der Waals surface area contributed by atoms with Gasteiger partial charge in [-0.25, -0.2) is 9.97 Å². The quantitative estimate of drug-likeness (QED) is 0.906. The van der Waals surface area contributed by atoms with Crippen LogP contribution in [0, 0.1) is 0 Å². The van der Waals surface area contributed by atoms with Crippen molar-refractivity contribution < 1.29 is 4.79 Å². The lowest BCUT2D eigenvalue weighted by molar-refractivity contribution is 0.0940. The molecule has 1 unspecified atom stereocenters. The molecule has 0 bridgehead atoms. The molecule has 1 aliphatic heterocycles. The fourth-order valence-corrected chi connectivity index (χ4v) is 2.61. The second-order valence-electron chi connectivity index (χ2n) is 6.07. The van der Waals surface area contributed by atoms with Gasteiger partial charge in [0.2, 0.25) is 0 Å². The van der Waals surface area contributed by atoms with Gasteiger partial charge < -0.3 is 10.6 Å². The Kier molecular flexibility index (Phi) is 4.23. The number of fused-ring (bicyclic) bond motifs is 1. The van der Waals surface area contributed by atoms with Crippen LogP contribution in [0.2, 0.25) is 0 Å². The molecule has 0 fully saturated rings. The Morgan fingerprint density at radius 3 is 2.78 bits per heavy atom. The van der Waals surface area contributed by atoms with Crippen molar-refractivity contribution in [3.8, 4) is 0 Å². The Labute approximate surface area is 135 Å². The van der Waals surface area contributed by atoms with Crippen LogP contribution >= 0.6 is 0 Å². The summed E-state index contributed by atoms with van der Waals surface area (Å²) in [7, 11) is 0. The van der Waals surface area contributed by atoms with Gasteiger partial charge in [-0.2, -0.15) is 0 Å². The van der Waals surface area contributed by atoms with E-state index in [1.54, 1.807) is 6.20 Å². The van der Waals surface area contributed by atoms with Crippen LogP contribution in [0.4, 0.5) is 5.82 Å². The van der Waals surface area contributed by atoms with E-state index in [1.165, 1.54) is 0 Å². The monoisotopic (exact) mass is 311 g/mol. The molecule has 2 aromatic rings. The molecule has 120 valence electrons. The third-order valence-electron chi connectivity index (χ3n) is 3.95. The van der Waals surface area contributed by atoms with E-state index < -0.39 is 0 Å². The molecule has 1 aliphatic rings. The van der Waals surface area contributed by atoms with Gasteiger partial charge in [0, 0.05) is 30.4 Å². The number of carbonyl (C=O) groups excluding carboxylic acids is 1. The van der Waals surface area contributed by atoms with Crippen LogP contribution in [0.5, 0.6) is 0 Å². The van der Waals surface area contributed by atoms with E-state index in [0.717, 1.165) is 23.4 Å². The van der Waals surface area contributed by atoms with E-state index in [4.69, 9.17) is 0 Å². The molecule has 1 amide bonds. The minimum atomic E-state index is -0.118. The maximum absolute atomic E-state index is 12.1. The number of rotatable bonds is 4. The number of hydrogen-bond donors (Lipinski definition) is 2. The summed E-state index contributed by atoms with van der Waals surface area (Å²) in [5.41, 5.74) is 2.47. The predicted molar refractivity (Wildman–Crippen MR) is 88.4 cm³/mol. The summed E-state index contributed by atoms with van der Waals surface area (Å²) in [4.78, 5) is 25.4. The summed E-state index contributed by atoms with van der Waals surface area (Å²) in [5, 5.41) is 6.28. The first-order valence-corrected chi connectivity index (χ1v) is 7.91. The van der Waals surface area contributed by atoms with Crippen molar-refractivity contribution in [2.45, 2.75) is 39.2 Å². The Morgan fingerprint density at radius 2 is 2.09 bits per heavy atom. The summed E-state index contributed by atoms with van der Waals surface area (Å²) in [6.45, 7) is 6.73. The van der Waals surface area contributed by atoms with Gasteiger partial charge in [0.25, 0.3) is 5.91 Å². The molecular weight excluding hydrogens is 290 g/mol. The first-order valence-electron chi connectivity index (χ1n) is 7.91. The third kappa shape index (κ3) is 3.16. The fraction of sp³-hybridized carbons (Fsp3) is 0.412. The van der Waals surface area contributed by atoms with Crippen LogP contribution in [-0.4, -0.2) is 27.4 Å². The summed E-state index contributed by atoms with van der Waals surface area (Å²) in [5.74, 6) is 1.48. The lowest BCUT2D eigenvalue weighted by atomic mass is 10.0. The summed E-state index contributed by atoms with van der Waals surface area (Å²) in [6.07, 6.45) is 4.33. The highest BCUT2D eigenvalue weighted by atomic mass is 16.1. The van der Waals surface area contributed by atoms with Crippen molar-refractivity contribution in [3.05, 3.63) is 47.2 Å². The number of carbonyl (C=O) groups is 1. The molecule has 6 heteroatoms. The molecule has 2 N–H and O–H groups in total. The second kappa shape index (κ2) is 6.32. The minimum Gasteiger partial charge on any atom is -0.363 e. The Morgan fingerprint density at radius 1 is 1.26 bits per heavy atom. The number of amides is 1. The fourth-order valence-electron chi connectivity index (χ4n) is 2.61. The van der Waals surface area contributed by atoms with Gasteiger partial charge in [0.1, 0.15) is 17.3 Å². The number of pyridine rings is 1.